The number of nitrogens with one attached hydrogen (secondary N) is 1. The summed E-state index contributed by atoms with van der Waals surface area (Å²) >= 11 is 0. The van der Waals surface area contributed by atoms with Crippen LogP contribution in [-0.2, 0) is 0 Å². The number of aryl methyl sites for hydroxylation is 1. The SMILES string of the molecule is Cc1cc(C(=O)N2CCNC[C@@H]2C)c(C)n1C(C)c1ccccc1.Cl. The molecular formula is C20H28ClN3O. The van der Waals surface area contributed by atoms with Crippen LogP contribution in [0.2, 0.25) is 0 Å². The van der Waals surface area contributed by atoms with Crippen LogP contribution in [0.25, 0.3) is 0 Å². The Hall–Kier alpha value is -1.78. The molecule has 0 radical (unpaired) electrons. The zero-order valence-electron chi connectivity index (χ0n) is 15.5. The Balaban J connectivity index is 0.00000225. The van der Waals surface area contributed by atoms with Crippen molar-refractivity contribution in [3.05, 3.63) is 58.9 Å². The van der Waals surface area contributed by atoms with Crippen LogP contribution < -0.4 is 5.32 Å². The van der Waals surface area contributed by atoms with Gasteiger partial charge in [0.15, 0.2) is 0 Å². The summed E-state index contributed by atoms with van der Waals surface area (Å²) in [6.45, 7) is 11.0. The predicted molar refractivity (Wildman–Crippen MR) is 105 cm³/mol. The summed E-state index contributed by atoms with van der Waals surface area (Å²) in [4.78, 5) is 15.0. The van der Waals surface area contributed by atoms with Gasteiger partial charge < -0.3 is 14.8 Å². The molecular weight excluding hydrogens is 334 g/mol. The summed E-state index contributed by atoms with van der Waals surface area (Å²) < 4.78 is 2.27. The maximum atomic E-state index is 13.0. The molecule has 5 heteroatoms. The Morgan fingerprint density at radius 1 is 1.24 bits per heavy atom. The van der Waals surface area contributed by atoms with E-state index in [0.29, 0.717) is 0 Å². The van der Waals surface area contributed by atoms with Gasteiger partial charge in [0.25, 0.3) is 5.91 Å². The van der Waals surface area contributed by atoms with Crippen LogP contribution in [0.1, 0.15) is 47.2 Å². The molecule has 1 N–H and O–H groups in total. The first-order valence-electron chi connectivity index (χ1n) is 8.75. The maximum absolute atomic E-state index is 13.0. The monoisotopic (exact) mass is 361 g/mol. The van der Waals surface area contributed by atoms with Crippen LogP contribution >= 0.6 is 12.4 Å². The predicted octanol–water partition coefficient (Wildman–Crippen LogP) is 3.57. The average molecular weight is 362 g/mol. The molecule has 2 aromatic rings. The molecule has 0 saturated carbocycles. The van der Waals surface area contributed by atoms with Crippen LogP contribution in [0.4, 0.5) is 0 Å². The first kappa shape index (κ1) is 19.5. The van der Waals surface area contributed by atoms with E-state index >= 15 is 0 Å². The van der Waals surface area contributed by atoms with Gasteiger partial charge in [-0.2, -0.15) is 0 Å². The fourth-order valence-electron chi connectivity index (χ4n) is 3.77. The molecule has 2 heterocycles. The molecule has 136 valence electrons. The zero-order valence-corrected chi connectivity index (χ0v) is 16.3. The van der Waals surface area contributed by atoms with Gasteiger partial charge in [-0.05, 0) is 39.3 Å². The van der Waals surface area contributed by atoms with Gasteiger partial charge in [0.1, 0.15) is 0 Å². The van der Waals surface area contributed by atoms with Crippen LogP contribution in [0.3, 0.4) is 0 Å². The molecule has 1 aliphatic heterocycles. The lowest BCUT2D eigenvalue weighted by Gasteiger charge is -2.34. The number of rotatable bonds is 3. The number of carbonyl (C=O) groups is 1. The van der Waals surface area contributed by atoms with Crippen molar-refractivity contribution < 1.29 is 4.79 Å². The normalized spacial score (nSPS) is 18.6. The average Bonchev–Trinajstić information content (AvgIpc) is 2.89. The summed E-state index contributed by atoms with van der Waals surface area (Å²) in [5, 5.41) is 3.34. The van der Waals surface area contributed by atoms with Crippen molar-refractivity contribution in [3.8, 4) is 0 Å². The molecule has 0 aliphatic carbocycles. The maximum Gasteiger partial charge on any atom is 0.256 e. The highest BCUT2D eigenvalue weighted by atomic mass is 35.5. The fourth-order valence-corrected chi connectivity index (χ4v) is 3.77. The summed E-state index contributed by atoms with van der Waals surface area (Å²) in [6.07, 6.45) is 0. The van der Waals surface area contributed by atoms with E-state index in [-0.39, 0.29) is 30.4 Å². The van der Waals surface area contributed by atoms with Gasteiger partial charge >= 0.3 is 0 Å². The highest BCUT2D eigenvalue weighted by Gasteiger charge is 2.27. The van der Waals surface area contributed by atoms with Crippen LogP contribution in [-0.4, -0.2) is 41.1 Å². The third-order valence-corrected chi connectivity index (χ3v) is 5.15. The van der Waals surface area contributed by atoms with E-state index in [2.05, 4.69) is 61.8 Å². The number of nitrogens with zero attached hydrogens (tertiary/aromatic N) is 2. The number of piperazine rings is 1. The van der Waals surface area contributed by atoms with Crippen LogP contribution in [0.5, 0.6) is 0 Å². The number of hydrogen-bond acceptors (Lipinski definition) is 2. The van der Waals surface area contributed by atoms with E-state index in [4.69, 9.17) is 0 Å². The minimum Gasteiger partial charge on any atom is -0.341 e. The third-order valence-electron chi connectivity index (χ3n) is 5.15. The summed E-state index contributed by atoms with van der Waals surface area (Å²) in [7, 11) is 0. The van der Waals surface area contributed by atoms with Crippen molar-refractivity contribution in [2.45, 2.75) is 39.8 Å². The third kappa shape index (κ3) is 3.75. The molecule has 1 aromatic carbocycles. The van der Waals surface area contributed by atoms with E-state index in [1.165, 1.54) is 5.56 Å². The van der Waals surface area contributed by atoms with Crippen molar-refractivity contribution in [2.24, 2.45) is 0 Å². The van der Waals surface area contributed by atoms with E-state index in [1.807, 2.05) is 17.0 Å². The Morgan fingerprint density at radius 2 is 1.92 bits per heavy atom. The summed E-state index contributed by atoms with van der Waals surface area (Å²) in [6, 6.07) is 12.9. The van der Waals surface area contributed by atoms with Crippen molar-refractivity contribution in [1.29, 1.82) is 0 Å². The standard InChI is InChI=1S/C20H27N3O.ClH/c1-14-12-19(20(24)22-11-10-21-13-15(22)2)17(4)23(14)16(3)18-8-6-5-7-9-18;/h5-9,12,15-16,21H,10-11,13H2,1-4H3;1H/t15-,16?;/m0./s1. The van der Waals surface area contributed by atoms with Crippen LogP contribution in [0.15, 0.2) is 36.4 Å². The largest absolute Gasteiger partial charge is 0.341 e. The lowest BCUT2D eigenvalue weighted by atomic mass is 10.1. The smallest absolute Gasteiger partial charge is 0.256 e. The summed E-state index contributed by atoms with van der Waals surface area (Å²) in [5.74, 6) is 0.156. The number of aromatic nitrogens is 1. The Morgan fingerprint density at radius 3 is 2.56 bits per heavy atom. The van der Waals surface area contributed by atoms with E-state index < -0.39 is 0 Å². The Bertz CT molecular complexity index is 726. The fraction of sp³-hybridized carbons (Fsp3) is 0.450. The molecule has 1 aliphatic rings. The van der Waals surface area contributed by atoms with Gasteiger partial charge in [0.2, 0.25) is 0 Å². The lowest BCUT2D eigenvalue weighted by molar-refractivity contribution is 0.0655. The van der Waals surface area contributed by atoms with E-state index in [1.54, 1.807) is 0 Å². The highest BCUT2D eigenvalue weighted by molar-refractivity contribution is 5.96. The molecule has 1 fully saturated rings. The quantitative estimate of drug-likeness (QED) is 0.907. The van der Waals surface area contributed by atoms with Gasteiger partial charge in [-0.25, -0.2) is 0 Å². The first-order chi connectivity index (χ1) is 11.5. The van der Waals surface area contributed by atoms with Crippen LogP contribution in [0, 0.1) is 13.8 Å². The molecule has 1 amide bonds. The molecule has 2 atom stereocenters. The topological polar surface area (TPSA) is 37.3 Å². The second-order valence-corrected chi connectivity index (χ2v) is 6.79. The van der Waals surface area contributed by atoms with E-state index in [0.717, 1.165) is 36.6 Å². The van der Waals surface area contributed by atoms with Gasteiger partial charge in [-0.3, -0.25) is 4.79 Å². The van der Waals surface area contributed by atoms with Crippen molar-refractivity contribution in [1.82, 2.24) is 14.8 Å². The van der Waals surface area contributed by atoms with Crippen molar-refractivity contribution >= 4 is 18.3 Å². The molecule has 4 nitrogen and oxygen atoms in total. The molecule has 1 aromatic heterocycles. The first-order valence-corrected chi connectivity index (χ1v) is 8.75. The van der Waals surface area contributed by atoms with E-state index in [9.17, 15) is 4.79 Å². The lowest BCUT2D eigenvalue weighted by Crippen LogP contribution is -2.52. The van der Waals surface area contributed by atoms with Gasteiger partial charge in [-0.1, -0.05) is 30.3 Å². The second kappa shape index (κ2) is 8.07. The Labute approximate surface area is 156 Å². The number of carbonyl (C=O) groups excluding carboxylic acids is 1. The van der Waals surface area contributed by atoms with Gasteiger partial charge in [0.05, 0.1) is 11.6 Å². The minimum atomic E-state index is 0. The summed E-state index contributed by atoms with van der Waals surface area (Å²) in [5.41, 5.74) is 4.28. The minimum absolute atomic E-state index is 0. The molecule has 1 unspecified atom stereocenters. The molecule has 0 spiro atoms. The molecule has 25 heavy (non-hydrogen) atoms. The second-order valence-electron chi connectivity index (χ2n) is 6.79. The van der Waals surface area contributed by atoms with Crippen molar-refractivity contribution in [3.63, 3.8) is 0 Å². The number of amides is 1. The number of hydrogen-bond donors (Lipinski definition) is 1. The molecule has 1 saturated heterocycles. The Kier molecular flexibility index (Phi) is 6.31. The number of benzene rings is 1. The highest BCUT2D eigenvalue weighted by Crippen LogP contribution is 2.26. The molecule has 0 bridgehead atoms. The zero-order chi connectivity index (χ0) is 17.3. The van der Waals surface area contributed by atoms with Crippen molar-refractivity contribution in [2.75, 3.05) is 19.6 Å². The number of halogens is 1. The van der Waals surface area contributed by atoms with Gasteiger partial charge in [0, 0.05) is 37.1 Å². The van der Waals surface area contributed by atoms with Gasteiger partial charge in [-0.15, -0.1) is 12.4 Å². The molecule has 3 rings (SSSR count).